The van der Waals surface area contributed by atoms with Crippen LogP contribution in [0.5, 0.6) is 0 Å². The topological polar surface area (TPSA) is 34.0 Å². The maximum absolute atomic E-state index is 12.3. The van der Waals surface area contributed by atoms with Crippen LogP contribution < -0.4 is 5.32 Å². The lowest BCUT2D eigenvalue weighted by molar-refractivity contribution is -0.167. The van der Waals surface area contributed by atoms with Gasteiger partial charge < -0.3 is 9.88 Å². The molecule has 6 heteroatoms. The Balaban J connectivity index is 2.57. The van der Waals surface area contributed by atoms with Crippen LogP contribution in [0, 0.1) is 13.8 Å². The van der Waals surface area contributed by atoms with Gasteiger partial charge in [-0.25, -0.2) is 0 Å². The standard InChI is InChI=1S/C13H13F3N2O/c1-7-8(2)18(3)11-9(7)5-4-6-10(11)17-12(19)13(14,15)16/h4-6H,1-3H3,(H,17,19). The second-order valence-electron chi connectivity index (χ2n) is 4.42. The molecule has 1 amide bonds. The third-order valence-electron chi connectivity index (χ3n) is 3.33. The van der Waals surface area contributed by atoms with Gasteiger partial charge >= 0.3 is 12.1 Å². The van der Waals surface area contributed by atoms with E-state index in [1.165, 1.54) is 6.07 Å². The Morgan fingerprint density at radius 2 is 1.89 bits per heavy atom. The van der Waals surface area contributed by atoms with Gasteiger partial charge in [0.15, 0.2) is 0 Å². The first kappa shape index (κ1) is 13.5. The number of carbonyl (C=O) groups is 1. The summed E-state index contributed by atoms with van der Waals surface area (Å²) in [6.45, 7) is 3.78. The molecule has 0 fully saturated rings. The van der Waals surface area contributed by atoms with E-state index < -0.39 is 12.1 Å². The second kappa shape index (κ2) is 4.29. The van der Waals surface area contributed by atoms with Crippen molar-refractivity contribution in [2.24, 2.45) is 7.05 Å². The highest BCUT2D eigenvalue weighted by molar-refractivity contribution is 6.04. The van der Waals surface area contributed by atoms with Crippen LogP contribution in [0.15, 0.2) is 18.2 Å². The van der Waals surface area contributed by atoms with E-state index >= 15 is 0 Å². The third kappa shape index (κ3) is 2.18. The number of halogens is 3. The zero-order valence-electron chi connectivity index (χ0n) is 10.7. The average Bonchev–Trinajstić information content (AvgIpc) is 2.54. The minimum Gasteiger partial charge on any atom is -0.346 e. The van der Waals surface area contributed by atoms with E-state index in [2.05, 4.69) is 0 Å². The first-order valence-electron chi connectivity index (χ1n) is 5.66. The minimum absolute atomic E-state index is 0.165. The minimum atomic E-state index is -4.89. The maximum Gasteiger partial charge on any atom is 0.471 e. The summed E-state index contributed by atoms with van der Waals surface area (Å²) in [5, 5.41) is 2.75. The Hall–Kier alpha value is -1.98. The summed E-state index contributed by atoms with van der Waals surface area (Å²) in [6, 6.07) is 4.91. The third-order valence-corrected chi connectivity index (χ3v) is 3.33. The Labute approximate surface area is 108 Å². The van der Waals surface area contributed by atoms with Crippen LogP contribution in [0.25, 0.3) is 10.9 Å². The van der Waals surface area contributed by atoms with Gasteiger partial charge in [-0.15, -0.1) is 0 Å². The van der Waals surface area contributed by atoms with E-state index in [4.69, 9.17) is 0 Å². The highest BCUT2D eigenvalue weighted by Crippen LogP contribution is 2.30. The van der Waals surface area contributed by atoms with Crippen LogP contribution in [0.3, 0.4) is 0 Å². The van der Waals surface area contributed by atoms with Crippen molar-refractivity contribution in [2.45, 2.75) is 20.0 Å². The highest BCUT2D eigenvalue weighted by atomic mass is 19.4. The summed E-state index contributed by atoms with van der Waals surface area (Å²) < 4.78 is 38.7. The zero-order chi connectivity index (χ0) is 14.4. The van der Waals surface area contributed by atoms with Gasteiger partial charge in [0, 0.05) is 18.1 Å². The van der Waals surface area contributed by atoms with Crippen LogP contribution in [-0.2, 0) is 11.8 Å². The normalized spacial score (nSPS) is 11.9. The molecule has 1 aromatic carbocycles. The molecule has 0 aliphatic heterocycles. The van der Waals surface area contributed by atoms with E-state index in [1.807, 2.05) is 25.2 Å². The molecule has 1 N–H and O–H groups in total. The fourth-order valence-corrected chi connectivity index (χ4v) is 2.12. The molecule has 0 aliphatic rings. The van der Waals surface area contributed by atoms with Crippen LogP contribution in [0.2, 0.25) is 0 Å². The molecule has 3 nitrogen and oxygen atoms in total. The molecule has 0 saturated heterocycles. The number of rotatable bonds is 1. The van der Waals surface area contributed by atoms with Crippen LogP contribution >= 0.6 is 0 Å². The number of nitrogens with zero attached hydrogens (tertiary/aromatic N) is 1. The number of aryl methyl sites for hydroxylation is 2. The number of para-hydroxylation sites is 1. The lowest BCUT2D eigenvalue weighted by Crippen LogP contribution is -2.30. The molecular weight excluding hydrogens is 257 g/mol. The van der Waals surface area contributed by atoms with Crippen molar-refractivity contribution < 1.29 is 18.0 Å². The summed E-state index contributed by atoms with van der Waals surface area (Å²) >= 11 is 0. The number of carbonyl (C=O) groups excluding carboxylic acids is 1. The first-order valence-corrected chi connectivity index (χ1v) is 5.66. The van der Waals surface area contributed by atoms with Gasteiger partial charge in [-0.2, -0.15) is 13.2 Å². The Morgan fingerprint density at radius 1 is 1.26 bits per heavy atom. The van der Waals surface area contributed by atoms with Crippen molar-refractivity contribution in [1.29, 1.82) is 0 Å². The number of aromatic nitrogens is 1. The predicted octanol–water partition coefficient (Wildman–Crippen LogP) is 3.30. The number of anilines is 1. The van der Waals surface area contributed by atoms with Gasteiger partial charge in [-0.05, 0) is 25.5 Å². The van der Waals surface area contributed by atoms with E-state index in [-0.39, 0.29) is 5.69 Å². The van der Waals surface area contributed by atoms with Gasteiger partial charge in [0.25, 0.3) is 0 Å². The number of alkyl halides is 3. The number of benzene rings is 1. The molecule has 19 heavy (non-hydrogen) atoms. The van der Waals surface area contributed by atoms with Crippen LogP contribution in [0.4, 0.5) is 18.9 Å². The van der Waals surface area contributed by atoms with E-state index in [0.29, 0.717) is 5.52 Å². The van der Waals surface area contributed by atoms with Crippen molar-refractivity contribution in [3.8, 4) is 0 Å². The number of hydrogen-bond acceptors (Lipinski definition) is 1. The number of hydrogen-bond donors (Lipinski definition) is 1. The molecule has 0 radical (unpaired) electrons. The molecule has 0 unspecified atom stereocenters. The monoisotopic (exact) mass is 270 g/mol. The largest absolute Gasteiger partial charge is 0.471 e. The molecule has 2 rings (SSSR count). The Kier molecular flexibility index (Phi) is 3.04. The van der Waals surface area contributed by atoms with Gasteiger partial charge in [0.05, 0.1) is 11.2 Å². The van der Waals surface area contributed by atoms with Gasteiger partial charge in [0.2, 0.25) is 0 Å². The molecule has 0 bridgehead atoms. The molecular formula is C13H13F3N2O. The van der Waals surface area contributed by atoms with Gasteiger partial charge in [-0.3, -0.25) is 4.79 Å². The fourth-order valence-electron chi connectivity index (χ4n) is 2.12. The molecule has 0 atom stereocenters. The Morgan fingerprint density at radius 3 is 2.47 bits per heavy atom. The van der Waals surface area contributed by atoms with Gasteiger partial charge in [0.1, 0.15) is 0 Å². The molecule has 102 valence electrons. The van der Waals surface area contributed by atoms with E-state index in [0.717, 1.165) is 16.6 Å². The number of nitrogens with one attached hydrogen (secondary N) is 1. The lowest BCUT2D eigenvalue weighted by Gasteiger charge is -2.10. The van der Waals surface area contributed by atoms with Crippen LogP contribution in [0.1, 0.15) is 11.3 Å². The van der Waals surface area contributed by atoms with Crippen molar-refractivity contribution in [2.75, 3.05) is 5.32 Å². The van der Waals surface area contributed by atoms with Crippen molar-refractivity contribution in [3.63, 3.8) is 0 Å². The smallest absolute Gasteiger partial charge is 0.346 e. The van der Waals surface area contributed by atoms with Crippen LogP contribution in [-0.4, -0.2) is 16.7 Å². The van der Waals surface area contributed by atoms with Crippen molar-refractivity contribution in [3.05, 3.63) is 29.5 Å². The second-order valence-corrected chi connectivity index (χ2v) is 4.42. The predicted molar refractivity (Wildman–Crippen MR) is 67.1 cm³/mol. The molecule has 0 spiro atoms. The number of fused-ring (bicyclic) bond motifs is 1. The van der Waals surface area contributed by atoms with Crippen molar-refractivity contribution in [1.82, 2.24) is 4.57 Å². The van der Waals surface area contributed by atoms with Crippen molar-refractivity contribution >= 4 is 22.5 Å². The molecule has 0 saturated carbocycles. The lowest BCUT2D eigenvalue weighted by atomic mass is 10.1. The first-order chi connectivity index (χ1) is 8.73. The fraction of sp³-hybridized carbons (Fsp3) is 0.308. The molecule has 1 heterocycles. The summed E-state index contributed by atoms with van der Waals surface area (Å²) in [7, 11) is 1.76. The quantitative estimate of drug-likeness (QED) is 0.847. The summed E-state index contributed by atoms with van der Waals surface area (Å²) in [6.07, 6.45) is -4.89. The summed E-state index contributed by atoms with van der Waals surface area (Å²) in [4.78, 5) is 11.0. The summed E-state index contributed by atoms with van der Waals surface area (Å²) in [5.41, 5.74) is 2.69. The maximum atomic E-state index is 12.3. The number of amides is 1. The summed E-state index contributed by atoms with van der Waals surface area (Å²) in [5.74, 6) is -1.96. The molecule has 0 aliphatic carbocycles. The van der Waals surface area contributed by atoms with E-state index in [9.17, 15) is 18.0 Å². The van der Waals surface area contributed by atoms with E-state index in [1.54, 1.807) is 17.7 Å². The van der Waals surface area contributed by atoms with Gasteiger partial charge in [-0.1, -0.05) is 12.1 Å². The SMILES string of the molecule is Cc1c(C)n(C)c2c(NC(=O)C(F)(F)F)cccc12. The Bertz CT molecular complexity index is 656. The highest BCUT2D eigenvalue weighted by Gasteiger charge is 2.39. The zero-order valence-corrected chi connectivity index (χ0v) is 10.7. The molecule has 2 aromatic rings. The molecule has 1 aromatic heterocycles. The average molecular weight is 270 g/mol.